The van der Waals surface area contributed by atoms with Gasteiger partial charge >= 0.3 is 0 Å². The van der Waals surface area contributed by atoms with Crippen LogP contribution in [0.5, 0.6) is 0 Å². The maximum atomic E-state index is 2.51. The lowest BCUT2D eigenvalue weighted by atomic mass is 9.64. The standard InChI is InChI=1S/C36H24/c1-3-12-25(13-4-1)36(26-14-5-2-6-15-26)22-21-31-29-18-9-17-28-27-16-8-7-11-24(27)23-32(34(28)29)30-19-10-20-33(36)35(30)31/h1-21,23H,22H2. The van der Waals surface area contributed by atoms with E-state index in [-0.39, 0.29) is 5.41 Å². The molecule has 0 heteroatoms. The van der Waals surface area contributed by atoms with Crippen molar-refractivity contribution in [3.8, 4) is 0 Å². The Kier molecular flexibility index (Phi) is 4.02. The predicted molar refractivity (Wildman–Crippen MR) is 154 cm³/mol. The van der Waals surface area contributed by atoms with Crippen molar-refractivity contribution in [3.63, 3.8) is 0 Å². The van der Waals surface area contributed by atoms with Crippen molar-refractivity contribution in [3.05, 3.63) is 149 Å². The van der Waals surface area contributed by atoms with Crippen molar-refractivity contribution in [1.29, 1.82) is 0 Å². The molecule has 0 nitrogen and oxygen atoms in total. The van der Waals surface area contributed by atoms with Crippen LogP contribution in [0.25, 0.3) is 49.2 Å². The molecular weight excluding hydrogens is 432 g/mol. The second kappa shape index (κ2) is 7.29. The van der Waals surface area contributed by atoms with E-state index in [9.17, 15) is 0 Å². The minimum Gasteiger partial charge on any atom is -0.0744 e. The Bertz CT molecular complexity index is 1960. The molecule has 7 aromatic rings. The number of benzene rings is 7. The molecule has 0 radical (unpaired) electrons. The average molecular weight is 457 g/mol. The molecule has 0 saturated heterocycles. The lowest BCUT2D eigenvalue weighted by Crippen LogP contribution is -2.33. The summed E-state index contributed by atoms with van der Waals surface area (Å²) in [6.45, 7) is 0. The minimum absolute atomic E-state index is 0.223. The van der Waals surface area contributed by atoms with Gasteiger partial charge in [0.25, 0.3) is 0 Å². The largest absolute Gasteiger partial charge is 0.0744 e. The van der Waals surface area contributed by atoms with Gasteiger partial charge in [-0.1, -0.05) is 127 Å². The van der Waals surface area contributed by atoms with Gasteiger partial charge in [0.1, 0.15) is 0 Å². The zero-order valence-electron chi connectivity index (χ0n) is 19.9. The summed E-state index contributed by atoms with van der Waals surface area (Å²) in [6.07, 6.45) is 3.45. The summed E-state index contributed by atoms with van der Waals surface area (Å²) in [6, 6.07) is 47.2. The summed E-state index contributed by atoms with van der Waals surface area (Å²) in [5.41, 5.74) is 3.88. The van der Waals surface area contributed by atoms with E-state index in [1.165, 1.54) is 65.0 Å². The number of hydrogen-bond donors (Lipinski definition) is 0. The predicted octanol–water partition coefficient (Wildman–Crippen LogP) is 8.54. The van der Waals surface area contributed by atoms with Gasteiger partial charge in [-0.2, -0.15) is 0 Å². The summed E-state index contributed by atoms with van der Waals surface area (Å²) in [5.74, 6) is 0. The third-order valence-electron chi connectivity index (χ3n) is 8.40. The van der Waals surface area contributed by atoms with Crippen molar-refractivity contribution in [2.45, 2.75) is 11.8 Å². The van der Waals surface area contributed by atoms with Crippen LogP contribution in [-0.4, -0.2) is 0 Å². The molecule has 0 atom stereocenters. The molecule has 0 spiro atoms. The van der Waals surface area contributed by atoms with E-state index in [1.54, 1.807) is 0 Å². The van der Waals surface area contributed by atoms with Gasteiger partial charge in [0.05, 0.1) is 0 Å². The Morgan fingerprint density at radius 2 is 1.03 bits per heavy atom. The summed E-state index contributed by atoms with van der Waals surface area (Å²) in [4.78, 5) is 0. The third kappa shape index (κ3) is 2.49. The molecule has 0 aliphatic heterocycles. The Morgan fingerprint density at radius 1 is 0.444 bits per heavy atom. The lowest BCUT2D eigenvalue weighted by Gasteiger charge is -2.38. The fraction of sp³-hybridized carbons (Fsp3) is 0.0556. The third-order valence-corrected chi connectivity index (χ3v) is 8.40. The van der Waals surface area contributed by atoms with E-state index < -0.39 is 0 Å². The van der Waals surface area contributed by atoms with Gasteiger partial charge in [0, 0.05) is 5.41 Å². The maximum absolute atomic E-state index is 2.51. The van der Waals surface area contributed by atoms with Crippen LogP contribution >= 0.6 is 0 Å². The molecule has 0 aromatic heterocycles. The van der Waals surface area contributed by atoms with E-state index in [1.807, 2.05) is 0 Å². The first-order chi connectivity index (χ1) is 17.9. The molecule has 7 aromatic carbocycles. The summed E-state index contributed by atoms with van der Waals surface area (Å²) >= 11 is 0. The summed E-state index contributed by atoms with van der Waals surface area (Å²) in [7, 11) is 0. The Morgan fingerprint density at radius 3 is 1.78 bits per heavy atom. The van der Waals surface area contributed by atoms with Gasteiger partial charge in [0.2, 0.25) is 0 Å². The Hall–Kier alpha value is -4.42. The van der Waals surface area contributed by atoms with Gasteiger partial charge < -0.3 is 0 Å². The quantitative estimate of drug-likeness (QED) is 0.181. The van der Waals surface area contributed by atoms with Crippen molar-refractivity contribution >= 4 is 49.2 Å². The number of fused-ring (bicyclic) bond motifs is 4. The molecule has 0 fully saturated rings. The van der Waals surface area contributed by atoms with E-state index in [0.717, 1.165) is 6.42 Å². The molecular formula is C36H24. The fourth-order valence-corrected chi connectivity index (χ4v) is 6.89. The van der Waals surface area contributed by atoms with E-state index in [2.05, 4.69) is 133 Å². The van der Waals surface area contributed by atoms with Crippen LogP contribution in [-0.2, 0) is 5.41 Å². The van der Waals surface area contributed by atoms with Crippen LogP contribution in [0.15, 0.2) is 127 Å². The molecule has 168 valence electrons. The molecule has 0 amide bonds. The molecule has 0 N–H and O–H groups in total. The van der Waals surface area contributed by atoms with Gasteiger partial charge in [-0.25, -0.2) is 0 Å². The Balaban J connectivity index is 1.61. The van der Waals surface area contributed by atoms with E-state index in [4.69, 9.17) is 0 Å². The molecule has 0 saturated carbocycles. The monoisotopic (exact) mass is 456 g/mol. The normalized spacial score (nSPS) is 14.4. The molecule has 36 heavy (non-hydrogen) atoms. The van der Waals surface area contributed by atoms with Crippen molar-refractivity contribution in [1.82, 2.24) is 0 Å². The van der Waals surface area contributed by atoms with Crippen molar-refractivity contribution < 1.29 is 0 Å². The lowest BCUT2D eigenvalue weighted by molar-refractivity contribution is 0.644. The highest BCUT2D eigenvalue weighted by molar-refractivity contribution is 6.28. The highest BCUT2D eigenvalue weighted by Gasteiger charge is 2.38. The topological polar surface area (TPSA) is 0 Å². The fourth-order valence-electron chi connectivity index (χ4n) is 6.89. The van der Waals surface area contributed by atoms with Crippen LogP contribution in [0.2, 0.25) is 0 Å². The van der Waals surface area contributed by atoms with Crippen molar-refractivity contribution in [2.75, 3.05) is 0 Å². The van der Waals surface area contributed by atoms with Crippen LogP contribution in [0.4, 0.5) is 0 Å². The van der Waals surface area contributed by atoms with Crippen LogP contribution < -0.4 is 5.22 Å². The average Bonchev–Trinajstić information content (AvgIpc) is 2.96. The van der Waals surface area contributed by atoms with E-state index >= 15 is 0 Å². The second-order valence-corrected chi connectivity index (χ2v) is 10.1. The van der Waals surface area contributed by atoms with E-state index in [0.29, 0.717) is 0 Å². The maximum Gasteiger partial charge on any atom is 0.0492 e. The first kappa shape index (κ1) is 19.8. The van der Waals surface area contributed by atoms with Gasteiger partial charge in [-0.3, -0.25) is 0 Å². The zero-order valence-corrected chi connectivity index (χ0v) is 19.9. The smallest absolute Gasteiger partial charge is 0.0492 e. The number of rotatable bonds is 2. The minimum atomic E-state index is -0.223. The zero-order chi connectivity index (χ0) is 23.7. The van der Waals surface area contributed by atoms with Gasteiger partial charge in [0.15, 0.2) is 0 Å². The number of hydrogen-bond acceptors (Lipinski definition) is 0. The Labute approximate surface area is 210 Å². The highest BCUT2D eigenvalue weighted by atomic mass is 14.4. The molecule has 0 unspecified atom stereocenters. The molecule has 0 heterocycles. The summed E-state index contributed by atoms with van der Waals surface area (Å²) in [5, 5.41) is 12.2. The van der Waals surface area contributed by atoms with Crippen molar-refractivity contribution in [2.24, 2.45) is 0 Å². The second-order valence-electron chi connectivity index (χ2n) is 10.1. The van der Waals surface area contributed by atoms with Crippen LogP contribution in [0.3, 0.4) is 0 Å². The first-order valence-electron chi connectivity index (χ1n) is 12.8. The van der Waals surface area contributed by atoms with Crippen LogP contribution in [0.1, 0.15) is 23.1 Å². The van der Waals surface area contributed by atoms with Gasteiger partial charge in [-0.15, -0.1) is 0 Å². The molecule has 0 bridgehead atoms. The first-order valence-corrected chi connectivity index (χ1v) is 12.8. The van der Waals surface area contributed by atoms with Crippen LogP contribution in [0, 0.1) is 0 Å². The SMILES string of the molecule is C1=c2c3cccc4c5ccccc5cc(c5cccc(c25)C(c2ccccc2)(c2ccccc2)C1)c34. The molecule has 1 aliphatic carbocycles. The van der Waals surface area contributed by atoms with Gasteiger partial charge in [-0.05, 0) is 77.5 Å². The molecule has 8 rings (SSSR count). The summed E-state index contributed by atoms with van der Waals surface area (Å²) < 4.78 is 0. The highest BCUT2D eigenvalue weighted by Crippen LogP contribution is 2.48. The molecule has 1 aliphatic rings.